The minimum Gasteiger partial charge on any atom is -0.0992 e. The first-order valence-corrected chi connectivity index (χ1v) is 12.4. The van der Waals surface area contributed by atoms with Crippen molar-refractivity contribution >= 4 is 0 Å². The summed E-state index contributed by atoms with van der Waals surface area (Å²) in [4.78, 5) is 0. The zero-order valence-electron chi connectivity index (χ0n) is 21.1. The predicted octanol–water partition coefficient (Wildman–Crippen LogP) is 9.76. The molecular formula is C30H48. The average Bonchev–Trinajstić information content (AvgIpc) is 2.63. The second-order valence-electron chi connectivity index (χ2n) is 11.4. The fourth-order valence-corrected chi connectivity index (χ4v) is 6.22. The number of hydrogen-bond acceptors (Lipinski definition) is 0. The molecule has 3 atom stereocenters. The maximum absolute atomic E-state index is 4.50. The molecule has 0 aliphatic heterocycles. The van der Waals surface area contributed by atoms with E-state index in [0.29, 0.717) is 16.7 Å². The monoisotopic (exact) mass is 408 g/mol. The summed E-state index contributed by atoms with van der Waals surface area (Å²) in [5.74, 6) is 1.36. The molecule has 0 spiro atoms. The van der Waals surface area contributed by atoms with Gasteiger partial charge in [-0.2, -0.15) is 0 Å². The molecule has 2 fully saturated rings. The third-order valence-corrected chi connectivity index (χ3v) is 7.99. The fraction of sp³-hybridized carbons (Fsp3) is 0.667. The van der Waals surface area contributed by atoms with E-state index in [4.69, 9.17) is 0 Å². The summed E-state index contributed by atoms with van der Waals surface area (Å²) in [6.45, 7) is 21.0. The molecule has 2 rings (SSSR count). The van der Waals surface area contributed by atoms with E-state index < -0.39 is 0 Å². The Kier molecular flexibility index (Phi) is 9.01. The molecule has 2 saturated carbocycles. The Morgan fingerprint density at radius 2 is 1.63 bits per heavy atom. The Bertz CT molecular complexity index is 704. The van der Waals surface area contributed by atoms with Crippen molar-refractivity contribution in [1.29, 1.82) is 0 Å². The SMILES string of the molecule is C=C1CC[C@H]2C(C)(C)CCC[C@]2(C)[C@H]1/C=C/C=C(\C)CC/C=C(\C)CCC=C(C)C. The molecule has 0 heterocycles. The van der Waals surface area contributed by atoms with Gasteiger partial charge in [0.05, 0.1) is 0 Å². The summed E-state index contributed by atoms with van der Waals surface area (Å²) < 4.78 is 0. The van der Waals surface area contributed by atoms with E-state index >= 15 is 0 Å². The lowest BCUT2D eigenvalue weighted by Crippen LogP contribution is -2.48. The molecule has 0 N–H and O–H groups in total. The lowest BCUT2D eigenvalue weighted by atomic mass is 9.47. The van der Waals surface area contributed by atoms with Crippen LogP contribution in [0, 0.1) is 22.7 Å². The van der Waals surface area contributed by atoms with E-state index in [1.807, 2.05) is 0 Å². The molecule has 0 aromatic carbocycles. The molecule has 0 unspecified atom stereocenters. The first kappa shape index (κ1) is 25.0. The zero-order chi connectivity index (χ0) is 22.4. The van der Waals surface area contributed by atoms with Crippen molar-refractivity contribution in [2.24, 2.45) is 22.7 Å². The maximum Gasteiger partial charge on any atom is 0.00339 e. The highest BCUT2D eigenvalue weighted by Crippen LogP contribution is 2.61. The Morgan fingerprint density at radius 3 is 2.33 bits per heavy atom. The third-order valence-electron chi connectivity index (χ3n) is 7.99. The molecule has 168 valence electrons. The van der Waals surface area contributed by atoms with Crippen LogP contribution in [-0.4, -0.2) is 0 Å². The van der Waals surface area contributed by atoms with Gasteiger partial charge in [-0.25, -0.2) is 0 Å². The van der Waals surface area contributed by atoms with Gasteiger partial charge in [-0.1, -0.05) is 86.4 Å². The van der Waals surface area contributed by atoms with Gasteiger partial charge >= 0.3 is 0 Å². The van der Waals surface area contributed by atoms with Crippen molar-refractivity contribution in [2.75, 3.05) is 0 Å². The van der Waals surface area contributed by atoms with Crippen LogP contribution in [0.4, 0.5) is 0 Å². The predicted molar refractivity (Wildman–Crippen MR) is 136 cm³/mol. The van der Waals surface area contributed by atoms with Crippen molar-refractivity contribution in [1.82, 2.24) is 0 Å². The van der Waals surface area contributed by atoms with Crippen LogP contribution >= 0.6 is 0 Å². The largest absolute Gasteiger partial charge is 0.0992 e. The summed E-state index contributed by atoms with van der Waals surface area (Å²) >= 11 is 0. The Balaban J connectivity index is 1.94. The normalized spacial score (nSPS) is 29.8. The summed E-state index contributed by atoms with van der Waals surface area (Å²) in [7, 11) is 0. The lowest BCUT2D eigenvalue weighted by molar-refractivity contribution is -0.0391. The van der Waals surface area contributed by atoms with Gasteiger partial charge in [0, 0.05) is 5.92 Å². The minimum atomic E-state index is 0.389. The van der Waals surface area contributed by atoms with Crippen LogP contribution in [0.5, 0.6) is 0 Å². The Labute approximate surface area is 188 Å². The number of hydrogen-bond donors (Lipinski definition) is 0. The highest BCUT2D eigenvalue weighted by molar-refractivity contribution is 5.24. The summed E-state index contributed by atoms with van der Waals surface area (Å²) in [5, 5.41) is 0. The fourth-order valence-electron chi connectivity index (χ4n) is 6.22. The second kappa shape index (κ2) is 10.8. The van der Waals surface area contributed by atoms with E-state index in [1.54, 1.807) is 0 Å². The van der Waals surface area contributed by atoms with Crippen molar-refractivity contribution in [3.05, 3.63) is 59.3 Å². The quantitative estimate of drug-likeness (QED) is 0.277. The highest BCUT2D eigenvalue weighted by atomic mass is 14.6. The van der Waals surface area contributed by atoms with Gasteiger partial charge in [0.2, 0.25) is 0 Å². The van der Waals surface area contributed by atoms with Crippen LogP contribution in [0.1, 0.15) is 106 Å². The standard InChI is InChI=1S/C30H48/c1-23(2)13-9-14-24(3)15-10-16-25(4)17-11-18-27-26(5)19-20-28-29(6,7)21-12-22-30(27,28)8/h11,13,15,17-18,27-28H,5,9-10,12,14,16,19-22H2,1-4,6-8H3/b18-11+,24-15+,25-17+/t27-,28-,30+/m0/s1. The van der Waals surface area contributed by atoms with Crippen LogP contribution in [0.15, 0.2) is 59.3 Å². The molecule has 0 aromatic heterocycles. The molecule has 0 radical (unpaired) electrons. The first-order chi connectivity index (χ1) is 14.1. The molecule has 0 amide bonds. The van der Waals surface area contributed by atoms with Gasteiger partial charge in [0.1, 0.15) is 0 Å². The van der Waals surface area contributed by atoms with Crippen LogP contribution < -0.4 is 0 Å². The number of rotatable bonds is 8. The lowest BCUT2D eigenvalue weighted by Gasteiger charge is -2.57. The molecule has 0 nitrogen and oxygen atoms in total. The highest BCUT2D eigenvalue weighted by Gasteiger charge is 2.51. The number of fused-ring (bicyclic) bond motifs is 1. The molecule has 0 saturated heterocycles. The van der Waals surface area contributed by atoms with E-state index in [9.17, 15) is 0 Å². The Morgan fingerprint density at radius 1 is 0.967 bits per heavy atom. The topological polar surface area (TPSA) is 0 Å². The van der Waals surface area contributed by atoms with Gasteiger partial charge < -0.3 is 0 Å². The molecule has 0 bridgehead atoms. The van der Waals surface area contributed by atoms with Gasteiger partial charge in [0.15, 0.2) is 0 Å². The number of allylic oxidation sites excluding steroid dienone is 9. The van der Waals surface area contributed by atoms with Crippen molar-refractivity contribution in [3.63, 3.8) is 0 Å². The van der Waals surface area contributed by atoms with Crippen LogP contribution in [0.2, 0.25) is 0 Å². The van der Waals surface area contributed by atoms with Gasteiger partial charge in [-0.05, 0) is 95.8 Å². The van der Waals surface area contributed by atoms with Gasteiger partial charge in [0.25, 0.3) is 0 Å². The third kappa shape index (κ3) is 6.60. The van der Waals surface area contributed by atoms with E-state index in [2.05, 4.69) is 85.4 Å². The first-order valence-electron chi connectivity index (χ1n) is 12.4. The Hall–Kier alpha value is -1.30. The van der Waals surface area contributed by atoms with Crippen LogP contribution in [-0.2, 0) is 0 Å². The van der Waals surface area contributed by atoms with E-state index in [1.165, 1.54) is 67.2 Å². The summed E-state index contributed by atoms with van der Waals surface area (Å²) in [6.07, 6.45) is 23.3. The molecule has 2 aliphatic rings. The molecular weight excluding hydrogens is 360 g/mol. The smallest absolute Gasteiger partial charge is 0.00339 e. The molecule has 30 heavy (non-hydrogen) atoms. The van der Waals surface area contributed by atoms with Gasteiger partial charge in [-0.15, -0.1) is 0 Å². The molecule has 2 aliphatic carbocycles. The molecule has 0 aromatic rings. The van der Waals surface area contributed by atoms with Crippen molar-refractivity contribution in [3.8, 4) is 0 Å². The average molecular weight is 409 g/mol. The van der Waals surface area contributed by atoms with Gasteiger partial charge in [-0.3, -0.25) is 0 Å². The summed E-state index contributed by atoms with van der Waals surface area (Å²) in [6, 6.07) is 0. The van der Waals surface area contributed by atoms with E-state index in [-0.39, 0.29) is 0 Å². The maximum atomic E-state index is 4.50. The van der Waals surface area contributed by atoms with Crippen molar-refractivity contribution in [2.45, 2.75) is 106 Å². The molecule has 0 heteroatoms. The van der Waals surface area contributed by atoms with Crippen LogP contribution in [0.3, 0.4) is 0 Å². The second-order valence-corrected chi connectivity index (χ2v) is 11.4. The van der Waals surface area contributed by atoms with Crippen LogP contribution in [0.25, 0.3) is 0 Å². The zero-order valence-corrected chi connectivity index (χ0v) is 21.1. The summed E-state index contributed by atoms with van der Waals surface area (Å²) in [5.41, 5.74) is 6.75. The van der Waals surface area contributed by atoms with Crippen molar-refractivity contribution < 1.29 is 0 Å². The minimum absolute atomic E-state index is 0.389. The van der Waals surface area contributed by atoms with E-state index in [0.717, 1.165) is 18.8 Å².